The lowest BCUT2D eigenvalue weighted by atomic mass is 9.92. The lowest BCUT2D eigenvalue weighted by Crippen LogP contribution is -2.55. The van der Waals surface area contributed by atoms with E-state index < -0.39 is 11.1 Å². The summed E-state index contributed by atoms with van der Waals surface area (Å²) in [6.45, 7) is 6.13. The van der Waals surface area contributed by atoms with Crippen molar-refractivity contribution in [3.05, 3.63) is 6.08 Å². The van der Waals surface area contributed by atoms with E-state index in [1.54, 1.807) is 5.94 Å². The van der Waals surface area contributed by atoms with Gasteiger partial charge in [0.25, 0.3) is 5.91 Å². The van der Waals surface area contributed by atoms with E-state index in [0.29, 0.717) is 13.0 Å². The Morgan fingerprint density at radius 1 is 1.32 bits per heavy atom. The minimum absolute atomic E-state index is 0.354. The maximum absolute atomic E-state index is 12.5. The normalized spacial score (nSPS) is 26.1. The van der Waals surface area contributed by atoms with Crippen LogP contribution >= 0.6 is 0 Å². The molecular formula is C14H24N2O3. The van der Waals surface area contributed by atoms with Crippen LogP contribution in [0, 0.1) is 0 Å². The predicted octanol–water partition coefficient (Wildman–Crippen LogP) is 1.59. The molecule has 2 N–H and O–H groups in total. The summed E-state index contributed by atoms with van der Waals surface area (Å²) in [5.74, 6) is 1.30. The number of rotatable bonds is 2. The van der Waals surface area contributed by atoms with Crippen molar-refractivity contribution >= 4 is 11.8 Å². The molecule has 0 aromatic rings. The van der Waals surface area contributed by atoms with E-state index in [0.717, 1.165) is 31.8 Å². The van der Waals surface area contributed by atoms with Crippen LogP contribution in [-0.2, 0) is 14.4 Å². The van der Waals surface area contributed by atoms with Gasteiger partial charge in [-0.1, -0.05) is 19.3 Å². The molecule has 1 atom stereocenters. The van der Waals surface area contributed by atoms with Crippen LogP contribution in [0.4, 0.5) is 0 Å². The van der Waals surface area contributed by atoms with Gasteiger partial charge in [-0.15, -0.1) is 0 Å². The third-order valence-electron chi connectivity index (χ3n) is 3.03. The maximum Gasteiger partial charge on any atom is 0.270 e. The van der Waals surface area contributed by atoms with Crippen molar-refractivity contribution in [2.75, 3.05) is 6.54 Å². The van der Waals surface area contributed by atoms with Gasteiger partial charge in [-0.05, 0) is 33.6 Å². The highest BCUT2D eigenvalue weighted by molar-refractivity contribution is 5.89. The van der Waals surface area contributed by atoms with Gasteiger partial charge >= 0.3 is 0 Å². The molecule has 5 nitrogen and oxygen atoms in total. The Kier molecular flexibility index (Phi) is 5.29. The molecule has 0 radical (unpaired) electrons. The van der Waals surface area contributed by atoms with Crippen molar-refractivity contribution in [2.45, 2.75) is 64.0 Å². The van der Waals surface area contributed by atoms with Gasteiger partial charge in [0.05, 0.1) is 5.60 Å². The van der Waals surface area contributed by atoms with Crippen molar-refractivity contribution in [1.29, 1.82) is 0 Å². The number of hydrogen-bond donors (Lipinski definition) is 1. The largest absolute Gasteiger partial charge is 0.313 e. The molecule has 1 aliphatic rings. The minimum atomic E-state index is -1.29. The van der Waals surface area contributed by atoms with Crippen molar-refractivity contribution in [3.63, 3.8) is 0 Å². The highest BCUT2D eigenvalue weighted by Crippen LogP contribution is 2.23. The van der Waals surface area contributed by atoms with Crippen LogP contribution in [0.3, 0.4) is 0 Å². The molecule has 0 aromatic heterocycles. The Bertz CT molecular complexity index is 369. The Labute approximate surface area is 114 Å². The van der Waals surface area contributed by atoms with Gasteiger partial charge in [0.15, 0.2) is 0 Å². The second kappa shape index (κ2) is 6.33. The first-order valence-electron chi connectivity index (χ1n) is 6.80. The van der Waals surface area contributed by atoms with E-state index in [2.05, 4.69) is 0 Å². The molecule has 19 heavy (non-hydrogen) atoms. The minimum Gasteiger partial charge on any atom is -0.313 e. The molecule has 1 heterocycles. The highest BCUT2D eigenvalue weighted by atomic mass is 16.7. The number of carbonyl (C=O) groups is 1. The second-order valence-corrected chi connectivity index (χ2v) is 6.08. The van der Waals surface area contributed by atoms with Crippen LogP contribution in [0.1, 0.15) is 52.9 Å². The molecule has 1 unspecified atom stereocenters. The zero-order chi connectivity index (χ0) is 14.5. The fourth-order valence-electron chi connectivity index (χ4n) is 2.12. The Balaban J connectivity index is 2.98. The summed E-state index contributed by atoms with van der Waals surface area (Å²) in [4.78, 5) is 28.8. The summed E-state index contributed by atoms with van der Waals surface area (Å²) in [6.07, 6.45) is 5.30. The zero-order valence-electron chi connectivity index (χ0n) is 12.1. The summed E-state index contributed by atoms with van der Waals surface area (Å²) in [7, 11) is 0. The smallest absolute Gasteiger partial charge is 0.270 e. The van der Waals surface area contributed by atoms with Crippen LogP contribution in [0.2, 0.25) is 0 Å². The van der Waals surface area contributed by atoms with Gasteiger partial charge in [0.2, 0.25) is 0 Å². The molecule has 1 aliphatic heterocycles. The van der Waals surface area contributed by atoms with E-state index in [1.807, 2.05) is 20.8 Å². The summed E-state index contributed by atoms with van der Waals surface area (Å²) >= 11 is 0. The number of amides is 1. The average molecular weight is 268 g/mol. The van der Waals surface area contributed by atoms with Gasteiger partial charge in [-0.2, -0.15) is 0 Å². The summed E-state index contributed by atoms with van der Waals surface area (Å²) < 4.78 is 0. The van der Waals surface area contributed by atoms with Crippen molar-refractivity contribution in [2.24, 2.45) is 5.73 Å². The number of hydrogen-bond acceptors (Lipinski definition) is 4. The Hall–Kier alpha value is -1.16. The average Bonchev–Trinajstić information content (AvgIpc) is 2.34. The number of hydroxylamine groups is 2. The quantitative estimate of drug-likeness (QED) is 0.772. The topological polar surface area (TPSA) is 72.6 Å². The molecule has 0 aromatic carbocycles. The molecule has 1 rings (SSSR count). The van der Waals surface area contributed by atoms with E-state index in [9.17, 15) is 9.59 Å². The first-order chi connectivity index (χ1) is 8.78. The van der Waals surface area contributed by atoms with Crippen LogP contribution < -0.4 is 5.73 Å². The number of nitrogens with zero attached hydrogens (tertiary/aromatic N) is 1. The first kappa shape index (κ1) is 15.9. The van der Waals surface area contributed by atoms with Gasteiger partial charge < -0.3 is 5.73 Å². The lowest BCUT2D eigenvalue weighted by Gasteiger charge is -2.34. The van der Waals surface area contributed by atoms with E-state index in [4.69, 9.17) is 10.6 Å². The van der Waals surface area contributed by atoms with Crippen LogP contribution in [0.25, 0.3) is 0 Å². The van der Waals surface area contributed by atoms with Crippen LogP contribution in [0.15, 0.2) is 6.08 Å². The molecule has 0 spiro atoms. The molecule has 1 fully saturated rings. The third-order valence-corrected chi connectivity index (χ3v) is 3.03. The molecule has 5 heteroatoms. The third kappa shape index (κ3) is 4.78. The summed E-state index contributed by atoms with van der Waals surface area (Å²) in [5, 5.41) is 1.32. The van der Waals surface area contributed by atoms with Gasteiger partial charge in [-0.25, -0.2) is 9.86 Å². The van der Waals surface area contributed by atoms with E-state index in [-0.39, 0.29) is 5.91 Å². The maximum atomic E-state index is 12.5. The SMILES string of the molecule is CC(C)(C)ON1CCCCCCC(N)(C=C=O)C1=O. The molecule has 0 saturated carbocycles. The fraction of sp³-hybridized carbons (Fsp3) is 0.786. The molecule has 108 valence electrons. The molecule has 0 aliphatic carbocycles. The number of carbonyl (C=O) groups excluding carboxylic acids is 2. The molecule has 1 saturated heterocycles. The van der Waals surface area contributed by atoms with E-state index >= 15 is 0 Å². The lowest BCUT2D eigenvalue weighted by molar-refractivity contribution is -0.230. The standard InChI is InChI=1S/C14H24N2O3/c1-13(2,3)19-16-10-7-5-4-6-8-14(15,9-11-17)12(16)18/h9H,4-8,10,15H2,1-3H3. The van der Waals surface area contributed by atoms with Gasteiger partial charge in [0.1, 0.15) is 11.5 Å². The van der Waals surface area contributed by atoms with Crippen molar-refractivity contribution < 1.29 is 14.4 Å². The van der Waals surface area contributed by atoms with Gasteiger partial charge in [-0.3, -0.25) is 9.63 Å². The van der Waals surface area contributed by atoms with Crippen molar-refractivity contribution in [3.8, 4) is 0 Å². The first-order valence-corrected chi connectivity index (χ1v) is 6.80. The Morgan fingerprint density at radius 2 is 1.95 bits per heavy atom. The van der Waals surface area contributed by atoms with E-state index in [1.165, 1.54) is 5.06 Å². The Morgan fingerprint density at radius 3 is 2.53 bits per heavy atom. The number of nitrogens with two attached hydrogens (primary N) is 1. The highest BCUT2D eigenvalue weighted by Gasteiger charge is 2.38. The van der Waals surface area contributed by atoms with Crippen molar-refractivity contribution in [1.82, 2.24) is 5.06 Å². The fourth-order valence-corrected chi connectivity index (χ4v) is 2.12. The summed E-state index contributed by atoms with van der Waals surface area (Å²) in [5.41, 5.74) is 4.30. The summed E-state index contributed by atoms with van der Waals surface area (Å²) in [6, 6.07) is 0. The predicted molar refractivity (Wildman–Crippen MR) is 72.8 cm³/mol. The van der Waals surface area contributed by atoms with Crippen LogP contribution in [-0.4, -0.2) is 34.6 Å². The molecule has 1 amide bonds. The van der Waals surface area contributed by atoms with Gasteiger partial charge in [0, 0.05) is 12.6 Å². The molecule has 0 bridgehead atoms. The molecular weight excluding hydrogens is 244 g/mol. The second-order valence-electron chi connectivity index (χ2n) is 6.08. The van der Waals surface area contributed by atoms with Crippen LogP contribution in [0.5, 0.6) is 0 Å². The monoisotopic (exact) mass is 268 g/mol. The zero-order valence-corrected chi connectivity index (χ0v) is 12.1.